The lowest BCUT2D eigenvalue weighted by Crippen LogP contribution is -2.16. The maximum absolute atomic E-state index is 10.7. The summed E-state index contributed by atoms with van der Waals surface area (Å²) in [5, 5.41) is -0.290. The quantitative estimate of drug-likeness (QED) is 0.719. The molecule has 1 rings (SSSR count). The van der Waals surface area contributed by atoms with E-state index in [4.69, 9.17) is 16.0 Å². The molecule has 0 N–H and O–H groups in total. The van der Waals surface area contributed by atoms with Gasteiger partial charge in [-0.1, -0.05) is 13.8 Å². The third kappa shape index (κ3) is 2.88. The SMILES string of the molecule is Cc1ccc(C(C)(C)CCC(=O)Cl)o1. The molecule has 3 heteroatoms. The number of halogens is 1. The molecule has 78 valence electrons. The van der Waals surface area contributed by atoms with E-state index in [1.807, 2.05) is 32.9 Å². The summed E-state index contributed by atoms with van der Waals surface area (Å²) in [6.45, 7) is 6.00. The first-order valence-corrected chi connectivity index (χ1v) is 5.05. The molecule has 0 aliphatic carbocycles. The fourth-order valence-electron chi connectivity index (χ4n) is 1.33. The molecule has 0 spiro atoms. The average molecular weight is 215 g/mol. The third-order valence-corrected chi connectivity index (χ3v) is 2.54. The van der Waals surface area contributed by atoms with E-state index in [0.717, 1.165) is 11.5 Å². The van der Waals surface area contributed by atoms with E-state index in [1.165, 1.54) is 0 Å². The van der Waals surface area contributed by atoms with Crippen molar-refractivity contribution in [3.8, 4) is 0 Å². The minimum Gasteiger partial charge on any atom is -0.466 e. The van der Waals surface area contributed by atoms with E-state index in [-0.39, 0.29) is 10.7 Å². The first-order chi connectivity index (χ1) is 6.42. The summed E-state index contributed by atoms with van der Waals surface area (Å²) in [7, 11) is 0. The van der Waals surface area contributed by atoms with Crippen molar-refractivity contribution >= 4 is 16.8 Å². The van der Waals surface area contributed by atoms with Gasteiger partial charge in [0.15, 0.2) is 0 Å². The summed E-state index contributed by atoms with van der Waals surface area (Å²) in [6.07, 6.45) is 1.09. The second kappa shape index (κ2) is 4.18. The van der Waals surface area contributed by atoms with Gasteiger partial charge < -0.3 is 4.42 Å². The number of rotatable bonds is 4. The highest BCUT2D eigenvalue weighted by molar-refractivity contribution is 6.63. The predicted octanol–water partition coefficient (Wildman–Crippen LogP) is 3.41. The van der Waals surface area contributed by atoms with Crippen LogP contribution >= 0.6 is 11.6 Å². The van der Waals surface area contributed by atoms with Crippen molar-refractivity contribution in [3.63, 3.8) is 0 Å². The Morgan fingerprint density at radius 1 is 1.50 bits per heavy atom. The number of aryl methyl sites for hydroxylation is 1. The van der Waals surface area contributed by atoms with Gasteiger partial charge >= 0.3 is 0 Å². The zero-order chi connectivity index (χ0) is 10.8. The maximum Gasteiger partial charge on any atom is 0.221 e. The zero-order valence-corrected chi connectivity index (χ0v) is 9.52. The smallest absolute Gasteiger partial charge is 0.221 e. The standard InChI is InChI=1S/C11H15ClO2/c1-8-4-5-9(14-8)11(2,3)7-6-10(12)13/h4-5H,6-7H2,1-3H3. The lowest BCUT2D eigenvalue weighted by atomic mass is 9.85. The van der Waals surface area contributed by atoms with Gasteiger partial charge in [-0.3, -0.25) is 4.79 Å². The molecule has 0 atom stereocenters. The molecule has 1 aromatic heterocycles. The highest BCUT2D eigenvalue weighted by atomic mass is 35.5. The number of hydrogen-bond acceptors (Lipinski definition) is 2. The van der Waals surface area contributed by atoms with Crippen LogP contribution in [-0.2, 0) is 10.2 Å². The summed E-state index contributed by atoms with van der Waals surface area (Å²) in [5.74, 6) is 1.80. The topological polar surface area (TPSA) is 30.2 Å². The molecule has 1 heterocycles. The van der Waals surface area contributed by atoms with E-state index < -0.39 is 0 Å². The Morgan fingerprint density at radius 2 is 2.14 bits per heavy atom. The third-order valence-electron chi connectivity index (χ3n) is 2.35. The molecular formula is C11H15ClO2. The molecule has 0 aliphatic heterocycles. The number of hydrogen-bond donors (Lipinski definition) is 0. The molecule has 0 unspecified atom stereocenters. The Kier molecular flexibility index (Phi) is 3.38. The Hall–Kier alpha value is -0.760. The first-order valence-electron chi connectivity index (χ1n) is 4.67. The van der Waals surface area contributed by atoms with Gasteiger partial charge in [-0.25, -0.2) is 0 Å². The van der Waals surface area contributed by atoms with Crippen LogP contribution < -0.4 is 0 Å². The van der Waals surface area contributed by atoms with Crippen molar-refractivity contribution in [1.82, 2.24) is 0 Å². The van der Waals surface area contributed by atoms with E-state index in [1.54, 1.807) is 0 Å². The number of carbonyl (C=O) groups excluding carboxylic acids is 1. The molecule has 2 nitrogen and oxygen atoms in total. The van der Waals surface area contributed by atoms with Crippen LogP contribution in [0.25, 0.3) is 0 Å². The van der Waals surface area contributed by atoms with E-state index in [2.05, 4.69) is 0 Å². The van der Waals surface area contributed by atoms with Gasteiger partial charge in [0.05, 0.1) is 0 Å². The average Bonchev–Trinajstić information content (AvgIpc) is 2.49. The normalized spacial score (nSPS) is 11.7. The van der Waals surface area contributed by atoms with E-state index in [9.17, 15) is 4.79 Å². The van der Waals surface area contributed by atoms with Crippen LogP contribution in [0, 0.1) is 6.92 Å². The van der Waals surface area contributed by atoms with Crippen LogP contribution in [-0.4, -0.2) is 5.24 Å². The molecule has 0 aliphatic rings. The molecule has 14 heavy (non-hydrogen) atoms. The number of carbonyl (C=O) groups is 1. The van der Waals surface area contributed by atoms with Gasteiger partial charge in [0.2, 0.25) is 5.24 Å². The Balaban J connectivity index is 2.69. The van der Waals surface area contributed by atoms with Gasteiger partial charge in [-0.15, -0.1) is 0 Å². The molecule has 0 saturated heterocycles. The molecule has 0 saturated carbocycles. The molecule has 1 aromatic rings. The van der Waals surface area contributed by atoms with Crippen LogP contribution in [0.5, 0.6) is 0 Å². The maximum atomic E-state index is 10.7. The van der Waals surface area contributed by atoms with Crippen molar-refractivity contribution in [1.29, 1.82) is 0 Å². The molecule has 0 aromatic carbocycles. The second-order valence-electron chi connectivity index (χ2n) is 4.15. The lowest BCUT2D eigenvalue weighted by molar-refractivity contribution is -0.112. The molecular weight excluding hydrogens is 200 g/mol. The molecule has 0 bridgehead atoms. The van der Waals surface area contributed by atoms with E-state index >= 15 is 0 Å². The van der Waals surface area contributed by atoms with Gasteiger partial charge in [-0.05, 0) is 37.1 Å². The lowest BCUT2D eigenvalue weighted by Gasteiger charge is -2.20. The predicted molar refractivity (Wildman–Crippen MR) is 56.6 cm³/mol. The van der Waals surface area contributed by atoms with Gasteiger partial charge in [0.1, 0.15) is 11.5 Å². The monoisotopic (exact) mass is 214 g/mol. The summed E-state index contributed by atoms with van der Waals surface area (Å²) < 4.78 is 5.53. The van der Waals surface area contributed by atoms with Gasteiger partial charge in [0.25, 0.3) is 0 Å². The fourth-order valence-corrected chi connectivity index (χ4v) is 1.43. The summed E-state index contributed by atoms with van der Waals surface area (Å²) in [6, 6.07) is 3.88. The van der Waals surface area contributed by atoms with Crippen LogP contribution in [0.15, 0.2) is 16.5 Å². The van der Waals surface area contributed by atoms with Crippen molar-refractivity contribution in [3.05, 3.63) is 23.7 Å². The molecule has 0 amide bonds. The Labute approximate surface area is 89.2 Å². The Morgan fingerprint density at radius 3 is 2.57 bits per heavy atom. The highest BCUT2D eigenvalue weighted by Gasteiger charge is 2.24. The van der Waals surface area contributed by atoms with Gasteiger partial charge in [-0.2, -0.15) is 0 Å². The summed E-state index contributed by atoms with van der Waals surface area (Å²) in [5.41, 5.74) is -0.126. The van der Waals surface area contributed by atoms with E-state index in [0.29, 0.717) is 12.8 Å². The Bertz CT molecular complexity index is 326. The van der Waals surface area contributed by atoms with Crippen LogP contribution in [0.2, 0.25) is 0 Å². The highest BCUT2D eigenvalue weighted by Crippen LogP contribution is 2.29. The fraction of sp³-hybridized carbons (Fsp3) is 0.545. The van der Waals surface area contributed by atoms with Crippen molar-refractivity contribution in [2.45, 2.75) is 39.0 Å². The van der Waals surface area contributed by atoms with Crippen molar-refractivity contribution < 1.29 is 9.21 Å². The van der Waals surface area contributed by atoms with Crippen LogP contribution in [0.4, 0.5) is 0 Å². The molecule has 0 radical (unpaired) electrons. The minimum atomic E-state index is -0.290. The summed E-state index contributed by atoms with van der Waals surface area (Å²) >= 11 is 5.31. The van der Waals surface area contributed by atoms with Crippen molar-refractivity contribution in [2.75, 3.05) is 0 Å². The second-order valence-corrected chi connectivity index (χ2v) is 4.57. The number of furan rings is 1. The zero-order valence-electron chi connectivity index (χ0n) is 8.76. The first kappa shape index (κ1) is 11.3. The summed E-state index contributed by atoms with van der Waals surface area (Å²) in [4.78, 5) is 10.7. The van der Waals surface area contributed by atoms with Gasteiger partial charge in [0, 0.05) is 11.8 Å². The van der Waals surface area contributed by atoms with Crippen LogP contribution in [0.1, 0.15) is 38.2 Å². The minimum absolute atomic E-state index is 0.126. The van der Waals surface area contributed by atoms with Crippen LogP contribution in [0.3, 0.4) is 0 Å². The van der Waals surface area contributed by atoms with Crippen molar-refractivity contribution in [2.24, 2.45) is 0 Å². The molecule has 0 fully saturated rings. The largest absolute Gasteiger partial charge is 0.466 e.